The van der Waals surface area contributed by atoms with Crippen LogP contribution in [0.2, 0.25) is 0 Å². The van der Waals surface area contributed by atoms with E-state index in [2.05, 4.69) is 0 Å². The first-order valence-electron chi connectivity index (χ1n) is 6.68. The molecule has 0 fully saturated rings. The third-order valence-electron chi connectivity index (χ3n) is 2.70. The third-order valence-corrected chi connectivity index (χ3v) is 2.70. The fraction of sp³-hybridized carbons (Fsp3) is 1.00. The molecule has 0 rings (SSSR count). The van der Waals surface area contributed by atoms with Crippen LogP contribution in [0.5, 0.6) is 0 Å². The van der Waals surface area contributed by atoms with E-state index < -0.39 is 0 Å². The summed E-state index contributed by atoms with van der Waals surface area (Å²) in [4.78, 5) is 0. The van der Waals surface area contributed by atoms with E-state index in [1.54, 1.807) is 0 Å². The Bertz CT molecular complexity index is 123. The highest BCUT2D eigenvalue weighted by molar-refractivity contribution is 4.65. The van der Waals surface area contributed by atoms with Gasteiger partial charge in [-0.15, -0.1) is 0 Å². The van der Waals surface area contributed by atoms with Crippen molar-refractivity contribution in [3.05, 3.63) is 0 Å². The highest BCUT2D eigenvalue weighted by Gasteiger charge is 2.14. The zero-order valence-corrected chi connectivity index (χ0v) is 11.3. The number of hydrogen-bond donors (Lipinski definition) is 4. The standard InChI is InChI=1S/C8H18O2.C5H12O2/c1-3-5-8(10)7(4-2)6-9;6-4-2-1-3-5-7/h7-10H,3-6H2,1-2H3;6-7H,1-5H2. The molecule has 4 N–H and O–H groups in total. The van der Waals surface area contributed by atoms with Gasteiger partial charge in [-0.05, 0) is 32.1 Å². The van der Waals surface area contributed by atoms with Crippen molar-refractivity contribution >= 4 is 0 Å². The van der Waals surface area contributed by atoms with Gasteiger partial charge in [0.1, 0.15) is 0 Å². The summed E-state index contributed by atoms with van der Waals surface area (Å²) in [5.41, 5.74) is 0. The molecule has 2 atom stereocenters. The molecule has 2 unspecified atom stereocenters. The lowest BCUT2D eigenvalue weighted by atomic mass is 9.97. The Morgan fingerprint density at radius 1 is 0.882 bits per heavy atom. The van der Waals surface area contributed by atoms with Crippen LogP contribution in [-0.2, 0) is 0 Å². The van der Waals surface area contributed by atoms with Gasteiger partial charge in [-0.25, -0.2) is 0 Å². The lowest BCUT2D eigenvalue weighted by Crippen LogP contribution is -2.22. The molecule has 0 saturated carbocycles. The van der Waals surface area contributed by atoms with Gasteiger partial charge in [0.25, 0.3) is 0 Å². The van der Waals surface area contributed by atoms with Crippen LogP contribution in [0.4, 0.5) is 0 Å². The predicted octanol–water partition coefficient (Wildman–Crippen LogP) is 1.31. The molecule has 0 amide bonds. The summed E-state index contributed by atoms with van der Waals surface area (Å²) in [6.45, 7) is 4.63. The minimum atomic E-state index is -0.306. The molecule has 0 saturated heterocycles. The third kappa shape index (κ3) is 13.8. The van der Waals surface area contributed by atoms with Crippen LogP contribution in [0.15, 0.2) is 0 Å². The van der Waals surface area contributed by atoms with Crippen LogP contribution in [-0.4, -0.2) is 46.4 Å². The molecule has 0 aliphatic rings. The average Bonchev–Trinajstić information content (AvgIpc) is 2.32. The average molecular weight is 250 g/mol. The first kappa shape index (κ1) is 19.2. The summed E-state index contributed by atoms with van der Waals surface area (Å²) < 4.78 is 0. The maximum atomic E-state index is 9.35. The van der Waals surface area contributed by atoms with E-state index in [1.165, 1.54) is 0 Å². The van der Waals surface area contributed by atoms with Crippen molar-refractivity contribution in [3.63, 3.8) is 0 Å². The highest BCUT2D eigenvalue weighted by atomic mass is 16.3. The molecule has 0 heterocycles. The maximum absolute atomic E-state index is 9.35. The van der Waals surface area contributed by atoms with Crippen molar-refractivity contribution in [1.82, 2.24) is 0 Å². The Balaban J connectivity index is 0. The van der Waals surface area contributed by atoms with Gasteiger partial charge in [-0.3, -0.25) is 0 Å². The van der Waals surface area contributed by atoms with Crippen molar-refractivity contribution in [3.8, 4) is 0 Å². The zero-order valence-electron chi connectivity index (χ0n) is 11.3. The normalized spacial score (nSPS) is 13.8. The Labute approximate surface area is 105 Å². The fourth-order valence-corrected chi connectivity index (χ4v) is 1.45. The molecular weight excluding hydrogens is 220 g/mol. The van der Waals surface area contributed by atoms with Crippen LogP contribution in [0.25, 0.3) is 0 Å². The van der Waals surface area contributed by atoms with Crippen molar-refractivity contribution in [1.29, 1.82) is 0 Å². The van der Waals surface area contributed by atoms with Crippen LogP contribution >= 0.6 is 0 Å². The van der Waals surface area contributed by atoms with Crippen molar-refractivity contribution in [2.75, 3.05) is 19.8 Å². The molecular formula is C13H30O4. The predicted molar refractivity (Wildman–Crippen MR) is 69.8 cm³/mol. The molecule has 0 aromatic rings. The smallest absolute Gasteiger partial charge is 0.0590 e. The zero-order chi connectivity index (χ0) is 13.5. The Kier molecular flexibility index (Phi) is 17.9. The van der Waals surface area contributed by atoms with Gasteiger partial charge in [0.05, 0.1) is 6.10 Å². The SMILES string of the molecule is CCCC(O)C(CC)CO.OCCCCCO. The van der Waals surface area contributed by atoms with Crippen LogP contribution in [0.1, 0.15) is 52.4 Å². The van der Waals surface area contributed by atoms with Gasteiger partial charge in [-0.2, -0.15) is 0 Å². The molecule has 4 nitrogen and oxygen atoms in total. The summed E-state index contributed by atoms with van der Waals surface area (Å²) >= 11 is 0. The quantitative estimate of drug-likeness (QED) is 0.465. The van der Waals surface area contributed by atoms with Crippen molar-refractivity contribution in [2.45, 2.75) is 58.5 Å². The van der Waals surface area contributed by atoms with E-state index in [0.29, 0.717) is 0 Å². The second kappa shape index (κ2) is 15.8. The summed E-state index contributed by atoms with van der Waals surface area (Å²) in [6, 6.07) is 0. The van der Waals surface area contributed by atoms with Gasteiger partial charge in [0.2, 0.25) is 0 Å². The van der Waals surface area contributed by atoms with E-state index >= 15 is 0 Å². The molecule has 4 heteroatoms. The van der Waals surface area contributed by atoms with E-state index in [-0.39, 0.29) is 31.8 Å². The van der Waals surface area contributed by atoms with Crippen molar-refractivity contribution < 1.29 is 20.4 Å². The molecule has 0 radical (unpaired) electrons. The summed E-state index contributed by atoms with van der Waals surface area (Å²) in [6.07, 6.45) is 4.92. The molecule has 0 spiro atoms. The van der Waals surface area contributed by atoms with Crippen LogP contribution in [0, 0.1) is 5.92 Å². The second-order valence-electron chi connectivity index (χ2n) is 4.21. The topological polar surface area (TPSA) is 80.9 Å². The van der Waals surface area contributed by atoms with Crippen LogP contribution < -0.4 is 0 Å². The number of aliphatic hydroxyl groups is 4. The highest BCUT2D eigenvalue weighted by Crippen LogP contribution is 2.12. The van der Waals surface area contributed by atoms with E-state index in [1.807, 2.05) is 13.8 Å². The van der Waals surface area contributed by atoms with Gasteiger partial charge in [0, 0.05) is 25.7 Å². The molecule has 106 valence electrons. The number of aliphatic hydroxyl groups excluding tert-OH is 4. The molecule has 0 bridgehead atoms. The minimum Gasteiger partial charge on any atom is -0.396 e. The second-order valence-corrected chi connectivity index (χ2v) is 4.21. The van der Waals surface area contributed by atoms with Gasteiger partial charge in [-0.1, -0.05) is 20.3 Å². The first-order chi connectivity index (χ1) is 8.17. The van der Waals surface area contributed by atoms with E-state index in [0.717, 1.165) is 38.5 Å². The number of hydrogen-bond acceptors (Lipinski definition) is 4. The molecule has 0 aliphatic heterocycles. The fourth-order valence-electron chi connectivity index (χ4n) is 1.45. The van der Waals surface area contributed by atoms with Gasteiger partial charge < -0.3 is 20.4 Å². The summed E-state index contributed by atoms with van der Waals surface area (Å²) in [5.74, 6) is 0.0833. The molecule has 0 aromatic heterocycles. The Hall–Kier alpha value is -0.160. The molecule has 0 aromatic carbocycles. The Morgan fingerprint density at radius 2 is 1.41 bits per heavy atom. The molecule has 0 aliphatic carbocycles. The minimum absolute atomic E-state index is 0.0833. The summed E-state index contributed by atoms with van der Waals surface area (Å²) in [7, 11) is 0. The lowest BCUT2D eigenvalue weighted by molar-refractivity contribution is 0.0584. The largest absolute Gasteiger partial charge is 0.396 e. The van der Waals surface area contributed by atoms with Crippen molar-refractivity contribution in [2.24, 2.45) is 5.92 Å². The molecule has 17 heavy (non-hydrogen) atoms. The van der Waals surface area contributed by atoms with Gasteiger partial charge >= 0.3 is 0 Å². The number of rotatable bonds is 9. The van der Waals surface area contributed by atoms with E-state index in [9.17, 15) is 5.11 Å². The number of unbranched alkanes of at least 4 members (excludes halogenated alkanes) is 2. The van der Waals surface area contributed by atoms with E-state index in [4.69, 9.17) is 15.3 Å². The Morgan fingerprint density at radius 3 is 1.71 bits per heavy atom. The van der Waals surface area contributed by atoms with Crippen LogP contribution in [0.3, 0.4) is 0 Å². The monoisotopic (exact) mass is 250 g/mol. The first-order valence-corrected chi connectivity index (χ1v) is 6.68. The summed E-state index contributed by atoms with van der Waals surface area (Å²) in [5, 5.41) is 34.5. The van der Waals surface area contributed by atoms with Gasteiger partial charge in [0.15, 0.2) is 0 Å². The maximum Gasteiger partial charge on any atom is 0.0590 e. The lowest BCUT2D eigenvalue weighted by Gasteiger charge is -2.17.